The second-order valence-electron chi connectivity index (χ2n) is 8.51. The summed E-state index contributed by atoms with van der Waals surface area (Å²) in [5.41, 5.74) is 1.70. The van der Waals surface area contributed by atoms with Crippen molar-refractivity contribution >= 4 is 45.3 Å². The Morgan fingerprint density at radius 3 is 2.58 bits per heavy atom. The number of halogens is 2. The smallest absolute Gasteiger partial charge is 0.225 e. The van der Waals surface area contributed by atoms with E-state index in [0.29, 0.717) is 24.5 Å². The maximum Gasteiger partial charge on any atom is 0.225 e. The Labute approximate surface area is 197 Å². The lowest BCUT2D eigenvalue weighted by atomic mass is 9.86. The number of para-hydroxylation sites is 1. The Balaban J connectivity index is 1.29. The highest BCUT2D eigenvalue weighted by Crippen LogP contribution is 2.28. The number of benzene rings is 2. The summed E-state index contributed by atoms with van der Waals surface area (Å²) in [6, 6.07) is 13.9. The predicted molar refractivity (Wildman–Crippen MR) is 134 cm³/mol. The van der Waals surface area contributed by atoms with Crippen LogP contribution in [0.4, 0.5) is 16.2 Å². The van der Waals surface area contributed by atoms with Crippen LogP contribution in [0.15, 0.2) is 42.5 Å². The van der Waals surface area contributed by atoms with Crippen molar-refractivity contribution in [1.29, 1.82) is 0 Å². The fourth-order valence-electron chi connectivity index (χ4n) is 4.23. The standard InChI is InChI=1S/C24H29FIN5/c1-31(2)23-20-5-3-4-6-22(20)29-24(30-23)28-19-11-7-16(8-12-19)14-27-15-17-9-10-18(26)13-21(17)25/h3-6,9-10,13,16,19,27H,7-8,11-12,14-15H2,1-2H3,(H,28,29,30)/t16-,19+. The molecule has 1 aromatic heterocycles. The molecule has 1 aliphatic rings. The zero-order valence-electron chi connectivity index (χ0n) is 18.0. The Morgan fingerprint density at radius 1 is 1.06 bits per heavy atom. The molecule has 0 unspecified atom stereocenters. The Hall–Kier alpha value is -2.00. The van der Waals surface area contributed by atoms with Gasteiger partial charge in [0.05, 0.1) is 5.52 Å². The van der Waals surface area contributed by atoms with Crippen molar-refractivity contribution in [3.8, 4) is 0 Å². The number of anilines is 2. The molecule has 7 heteroatoms. The van der Waals surface area contributed by atoms with E-state index in [4.69, 9.17) is 9.97 Å². The number of nitrogens with zero attached hydrogens (tertiary/aromatic N) is 3. The summed E-state index contributed by atoms with van der Waals surface area (Å²) in [6.45, 7) is 1.51. The van der Waals surface area contributed by atoms with Gasteiger partial charge in [0.1, 0.15) is 11.6 Å². The van der Waals surface area contributed by atoms with E-state index in [1.165, 1.54) is 0 Å². The molecule has 2 aromatic carbocycles. The van der Waals surface area contributed by atoms with E-state index in [2.05, 4.69) is 39.3 Å². The Morgan fingerprint density at radius 2 is 1.84 bits per heavy atom. The van der Waals surface area contributed by atoms with Gasteiger partial charge in [-0.25, -0.2) is 9.37 Å². The van der Waals surface area contributed by atoms with Gasteiger partial charge >= 0.3 is 0 Å². The molecule has 0 atom stereocenters. The molecular formula is C24H29FIN5. The number of fused-ring (bicyclic) bond motifs is 1. The van der Waals surface area contributed by atoms with Gasteiger partial charge in [0, 0.05) is 41.2 Å². The van der Waals surface area contributed by atoms with Crippen molar-refractivity contribution in [1.82, 2.24) is 15.3 Å². The average Bonchev–Trinajstić information content (AvgIpc) is 2.76. The normalized spacial score (nSPS) is 18.8. The lowest BCUT2D eigenvalue weighted by Gasteiger charge is -2.29. The van der Waals surface area contributed by atoms with E-state index in [9.17, 15) is 4.39 Å². The summed E-state index contributed by atoms with van der Waals surface area (Å²) in [5, 5.41) is 8.07. The molecule has 0 spiro atoms. The van der Waals surface area contributed by atoms with Gasteiger partial charge in [-0.2, -0.15) is 4.98 Å². The van der Waals surface area contributed by atoms with Gasteiger partial charge < -0.3 is 15.5 Å². The molecule has 0 aliphatic heterocycles. The van der Waals surface area contributed by atoms with Crippen LogP contribution >= 0.6 is 22.6 Å². The molecule has 3 aromatic rings. The minimum Gasteiger partial charge on any atom is -0.362 e. The van der Waals surface area contributed by atoms with E-state index in [0.717, 1.165) is 58.1 Å². The summed E-state index contributed by atoms with van der Waals surface area (Å²) >= 11 is 2.14. The van der Waals surface area contributed by atoms with Crippen LogP contribution in [0, 0.1) is 15.3 Å². The molecule has 5 nitrogen and oxygen atoms in total. The van der Waals surface area contributed by atoms with Crippen LogP contribution in [0.5, 0.6) is 0 Å². The highest BCUT2D eigenvalue weighted by atomic mass is 127. The molecule has 164 valence electrons. The molecule has 0 saturated heterocycles. The van der Waals surface area contributed by atoms with Gasteiger partial charge in [-0.05, 0) is 85.0 Å². The summed E-state index contributed by atoms with van der Waals surface area (Å²) in [5.74, 6) is 2.14. The summed E-state index contributed by atoms with van der Waals surface area (Å²) in [6.07, 6.45) is 4.48. The molecule has 1 saturated carbocycles. The highest BCUT2D eigenvalue weighted by molar-refractivity contribution is 14.1. The average molecular weight is 533 g/mol. The molecule has 0 amide bonds. The minimum absolute atomic E-state index is 0.125. The highest BCUT2D eigenvalue weighted by Gasteiger charge is 2.22. The van der Waals surface area contributed by atoms with Gasteiger partial charge in [0.15, 0.2) is 0 Å². The maximum absolute atomic E-state index is 14.0. The van der Waals surface area contributed by atoms with Gasteiger partial charge in [-0.1, -0.05) is 18.2 Å². The van der Waals surface area contributed by atoms with E-state index in [1.54, 1.807) is 6.07 Å². The SMILES string of the molecule is CN(C)c1nc(N[C@H]2CC[C@@H](CNCc3ccc(I)cc3F)CC2)nc2ccccc12. The first-order valence-corrected chi connectivity index (χ1v) is 11.9. The number of nitrogens with one attached hydrogen (secondary N) is 2. The summed E-state index contributed by atoms with van der Waals surface area (Å²) in [7, 11) is 4.03. The first kappa shape index (κ1) is 22.2. The Kier molecular flexibility index (Phi) is 7.22. The van der Waals surface area contributed by atoms with Crippen molar-refractivity contribution in [2.45, 2.75) is 38.3 Å². The van der Waals surface area contributed by atoms with E-state index in [-0.39, 0.29) is 5.82 Å². The number of rotatable bonds is 7. The maximum atomic E-state index is 14.0. The monoisotopic (exact) mass is 533 g/mol. The second-order valence-corrected chi connectivity index (χ2v) is 9.76. The van der Waals surface area contributed by atoms with Crippen LogP contribution < -0.4 is 15.5 Å². The third-order valence-electron chi connectivity index (χ3n) is 5.95. The molecule has 1 fully saturated rings. The number of hydrogen-bond acceptors (Lipinski definition) is 5. The lowest BCUT2D eigenvalue weighted by Crippen LogP contribution is -2.31. The van der Waals surface area contributed by atoms with Crippen molar-refractivity contribution in [2.75, 3.05) is 30.9 Å². The van der Waals surface area contributed by atoms with E-state index >= 15 is 0 Å². The fourth-order valence-corrected chi connectivity index (χ4v) is 4.69. The van der Waals surface area contributed by atoms with Crippen LogP contribution in [-0.2, 0) is 6.54 Å². The third kappa shape index (κ3) is 5.63. The molecular weight excluding hydrogens is 504 g/mol. The largest absolute Gasteiger partial charge is 0.362 e. The predicted octanol–water partition coefficient (Wildman–Crippen LogP) is 5.20. The van der Waals surface area contributed by atoms with Crippen LogP contribution in [0.25, 0.3) is 10.9 Å². The summed E-state index contributed by atoms with van der Waals surface area (Å²) in [4.78, 5) is 11.5. The van der Waals surface area contributed by atoms with E-state index in [1.807, 2.05) is 49.3 Å². The molecule has 2 N–H and O–H groups in total. The zero-order chi connectivity index (χ0) is 21.8. The van der Waals surface area contributed by atoms with Gasteiger partial charge in [0.25, 0.3) is 0 Å². The van der Waals surface area contributed by atoms with Crippen LogP contribution in [-0.4, -0.2) is 36.6 Å². The quantitative estimate of drug-likeness (QED) is 0.409. The summed E-state index contributed by atoms with van der Waals surface area (Å²) < 4.78 is 14.9. The fraction of sp³-hybridized carbons (Fsp3) is 0.417. The number of hydrogen-bond donors (Lipinski definition) is 2. The Bertz CT molecular complexity index is 1030. The van der Waals surface area contributed by atoms with Crippen molar-refractivity contribution in [3.05, 3.63) is 57.4 Å². The topological polar surface area (TPSA) is 53.1 Å². The molecule has 1 heterocycles. The van der Waals surface area contributed by atoms with Crippen molar-refractivity contribution < 1.29 is 4.39 Å². The van der Waals surface area contributed by atoms with Crippen molar-refractivity contribution in [3.63, 3.8) is 0 Å². The second kappa shape index (κ2) is 10.1. The van der Waals surface area contributed by atoms with Gasteiger partial charge in [-0.3, -0.25) is 0 Å². The molecule has 31 heavy (non-hydrogen) atoms. The van der Waals surface area contributed by atoms with E-state index < -0.39 is 0 Å². The molecule has 0 bridgehead atoms. The third-order valence-corrected chi connectivity index (χ3v) is 6.62. The zero-order valence-corrected chi connectivity index (χ0v) is 20.2. The van der Waals surface area contributed by atoms with Crippen LogP contribution in [0.2, 0.25) is 0 Å². The van der Waals surface area contributed by atoms with Gasteiger partial charge in [-0.15, -0.1) is 0 Å². The minimum atomic E-state index is -0.125. The van der Waals surface area contributed by atoms with Crippen molar-refractivity contribution in [2.24, 2.45) is 5.92 Å². The molecule has 4 rings (SSSR count). The molecule has 1 aliphatic carbocycles. The lowest BCUT2D eigenvalue weighted by molar-refractivity contribution is 0.323. The first-order valence-electron chi connectivity index (χ1n) is 10.8. The molecule has 0 radical (unpaired) electrons. The van der Waals surface area contributed by atoms with Crippen LogP contribution in [0.3, 0.4) is 0 Å². The number of aromatic nitrogens is 2. The van der Waals surface area contributed by atoms with Crippen LogP contribution in [0.1, 0.15) is 31.2 Å². The first-order chi connectivity index (χ1) is 15.0. The van der Waals surface area contributed by atoms with Gasteiger partial charge in [0.2, 0.25) is 5.95 Å².